The van der Waals surface area contributed by atoms with Crippen molar-refractivity contribution in [1.82, 2.24) is 10.2 Å². The maximum atomic E-state index is 12.5. The monoisotopic (exact) mass is 391 g/mol. The quantitative estimate of drug-likeness (QED) is 0.627. The Hall–Kier alpha value is -2.28. The van der Waals surface area contributed by atoms with E-state index in [1.807, 2.05) is 30.9 Å². The largest absolute Gasteiger partial charge is 0.493 e. The molecule has 7 heteroatoms. The summed E-state index contributed by atoms with van der Waals surface area (Å²) in [4.78, 5) is 26.3. The number of fused-ring (bicyclic) bond motifs is 1. The summed E-state index contributed by atoms with van der Waals surface area (Å²) in [7, 11) is 3.23. The number of hydrogen-bond donors (Lipinski definition) is 2. The molecule has 0 aliphatic carbocycles. The van der Waals surface area contributed by atoms with Crippen LogP contribution in [0.5, 0.6) is 11.5 Å². The smallest absolute Gasteiger partial charge is 0.236 e. The maximum absolute atomic E-state index is 12.5. The van der Waals surface area contributed by atoms with Gasteiger partial charge in [0.05, 0.1) is 20.3 Å². The molecule has 3 N–H and O–H groups in total. The molecule has 1 aliphatic heterocycles. The SMILES string of the molecule is COc1cc2c(cc1OC)CN(C(=O)CCCNC(=O)[C@@H](N)CC(C)C)CC2. The molecule has 1 atom stereocenters. The molecule has 0 bridgehead atoms. The molecule has 0 saturated carbocycles. The van der Waals surface area contributed by atoms with E-state index in [0.29, 0.717) is 56.3 Å². The highest BCUT2D eigenvalue weighted by molar-refractivity contribution is 5.81. The zero-order valence-corrected chi connectivity index (χ0v) is 17.4. The van der Waals surface area contributed by atoms with Crippen LogP contribution in [0.15, 0.2) is 12.1 Å². The molecule has 0 spiro atoms. The Bertz CT molecular complexity index is 690. The maximum Gasteiger partial charge on any atom is 0.236 e. The zero-order valence-electron chi connectivity index (χ0n) is 17.4. The van der Waals surface area contributed by atoms with Crippen molar-refractivity contribution in [2.75, 3.05) is 27.3 Å². The lowest BCUT2D eigenvalue weighted by atomic mass is 9.98. The first-order chi connectivity index (χ1) is 13.3. The topological polar surface area (TPSA) is 93.9 Å². The summed E-state index contributed by atoms with van der Waals surface area (Å²) in [6.07, 6.45) is 2.46. The summed E-state index contributed by atoms with van der Waals surface area (Å²) in [6, 6.07) is 3.46. The van der Waals surface area contributed by atoms with E-state index in [4.69, 9.17) is 15.2 Å². The molecule has 7 nitrogen and oxygen atoms in total. The third-order valence-electron chi connectivity index (χ3n) is 5.00. The first-order valence-electron chi connectivity index (χ1n) is 9.90. The number of hydrogen-bond acceptors (Lipinski definition) is 5. The number of rotatable bonds is 9. The van der Waals surface area contributed by atoms with Crippen molar-refractivity contribution in [3.05, 3.63) is 23.3 Å². The van der Waals surface area contributed by atoms with Gasteiger partial charge in [0.15, 0.2) is 11.5 Å². The predicted octanol–water partition coefficient (Wildman–Crippen LogP) is 1.86. The van der Waals surface area contributed by atoms with Gasteiger partial charge in [-0.15, -0.1) is 0 Å². The first kappa shape index (κ1) is 22.0. The summed E-state index contributed by atoms with van der Waals surface area (Å²) in [5.41, 5.74) is 8.14. The molecule has 1 aromatic rings. The fraction of sp³-hybridized carbons (Fsp3) is 0.619. The van der Waals surface area contributed by atoms with E-state index >= 15 is 0 Å². The van der Waals surface area contributed by atoms with Gasteiger partial charge in [0.1, 0.15) is 0 Å². The van der Waals surface area contributed by atoms with Crippen LogP contribution in [0.1, 0.15) is 44.2 Å². The average Bonchev–Trinajstić information content (AvgIpc) is 2.68. The van der Waals surface area contributed by atoms with E-state index < -0.39 is 6.04 Å². The Morgan fingerprint density at radius 2 is 1.82 bits per heavy atom. The average molecular weight is 392 g/mol. The molecule has 0 radical (unpaired) electrons. The molecule has 28 heavy (non-hydrogen) atoms. The summed E-state index contributed by atoms with van der Waals surface area (Å²) in [5.74, 6) is 1.72. The van der Waals surface area contributed by atoms with Crippen LogP contribution in [0.4, 0.5) is 0 Å². The number of carbonyl (C=O) groups is 2. The van der Waals surface area contributed by atoms with Gasteiger partial charge >= 0.3 is 0 Å². The molecule has 2 amide bonds. The number of nitrogens with zero attached hydrogens (tertiary/aromatic N) is 1. The van der Waals surface area contributed by atoms with Gasteiger partial charge in [0.25, 0.3) is 0 Å². The number of benzene rings is 1. The van der Waals surface area contributed by atoms with E-state index in [-0.39, 0.29) is 11.8 Å². The van der Waals surface area contributed by atoms with Crippen LogP contribution >= 0.6 is 0 Å². The van der Waals surface area contributed by atoms with Crippen LogP contribution in [0.3, 0.4) is 0 Å². The highest BCUT2D eigenvalue weighted by Gasteiger charge is 2.22. The molecule has 0 unspecified atom stereocenters. The van der Waals surface area contributed by atoms with Crippen molar-refractivity contribution in [2.45, 2.75) is 52.1 Å². The van der Waals surface area contributed by atoms with Crippen molar-refractivity contribution in [1.29, 1.82) is 0 Å². The minimum Gasteiger partial charge on any atom is -0.493 e. The number of nitrogens with one attached hydrogen (secondary N) is 1. The lowest BCUT2D eigenvalue weighted by Gasteiger charge is -2.29. The van der Waals surface area contributed by atoms with E-state index in [0.717, 1.165) is 12.0 Å². The lowest BCUT2D eigenvalue weighted by molar-refractivity contribution is -0.132. The van der Waals surface area contributed by atoms with Crippen LogP contribution in [0.2, 0.25) is 0 Å². The highest BCUT2D eigenvalue weighted by Crippen LogP contribution is 2.33. The minimum absolute atomic E-state index is 0.0983. The lowest BCUT2D eigenvalue weighted by Crippen LogP contribution is -2.42. The standard InChI is InChI=1S/C21H33N3O4/c1-14(2)10-17(22)21(26)23-8-5-6-20(25)24-9-7-15-11-18(27-3)19(28-4)12-16(15)13-24/h11-12,14,17H,5-10,13,22H2,1-4H3,(H,23,26)/t17-/m0/s1. The van der Waals surface area contributed by atoms with Crippen LogP contribution in [-0.4, -0.2) is 50.1 Å². The van der Waals surface area contributed by atoms with Gasteiger partial charge < -0.3 is 25.4 Å². The second kappa shape index (κ2) is 10.3. The van der Waals surface area contributed by atoms with E-state index in [2.05, 4.69) is 5.32 Å². The predicted molar refractivity (Wildman–Crippen MR) is 108 cm³/mol. The molecule has 0 fully saturated rings. The van der Waals surface area contributed by atoms with E-state index in [1.54, 1.807) is 14.2 Å². The Morgan fingerprint density at radius 1 is 1.18 bits per heavy atom. The van der Waals surface area contributed by atoms with Gasteiger partial charge in [-0.3, -0.25) is 9.59 Å². The fourth-order valence-corrected chi connectivity index (χ4v) is 3.45. The number of methoxy groups -OCH3 is 2. The van der Waals surface area contributed by atoms with E-state index in [9.17, 15) is 9.59 Å². The van der Waals surface area contributed by atoms with Crippen molar-refractivity contribution in [2.24, 2.45) is 11.7 Å². The highest BCUT2D eigenvalue weighted by atomic mass is 16.5. The molecular formula is C21H33N3O4. The Balaban J connectivity index is 1.81. The number of amides is 2. The van der Waals surface area contributed by atoms with Gasteiger partial charge in [-0.05, 0) is 48.4 Å². The fourth-order valence-electron chi connectivity index (χ4n) is 3.45. The summed E-state index contributed by atoms with van der Waals surface area (Å²) < 4.78 is 10.7. The zero-order chi connectivity index (χ0) is 20.7. The van der Waals surface area contributed by atoms with Crippen molar-refractivity contribution in [3.8, 4) is 11.5 Å². The normalized spacial score (nSPS) is 14.4. The second-order valence-electron chi connectivity index (χ2n) is 7.67. The molecule has 156 valence electrons. The van der Waals surface area contributed by atoms with Crippen LogP contribution < -0.4 is 20.5 Å². The number of carbonyl (C=O) groups excluding carboxylic acids is 2. The first-order valence-corrected chi connectivity index (χ1v) is 9.90. The molecule has 0 saturated heterocycles. The molecule has 1 heterocycles. The van der Waals surface area contributed by atoms with Crippen LogP contribution in [0.25, 0.3) is 0 Å². The van der Waals surface area contributed by atoms with Crippen molar-refractivity contribution < 1.29 is 19.1 Å². The Morgan fingerprint density at radius 3 is 2.43 bits per heavy atom. The van der Waals surface area contributed by atoms with Gasteiger partial charge in [-0.2, -0.15) is 0 Å². The van der Waals surface area contributed by atoms with Gasteiger partial charge in [0, 0.05) is 26.1 Å². The Labute approximate surface area is 167 Å². The van der Waals surface area contributed by atoms with Crippen molar-refractivity contribution >= 4 is 11.8 Å². The second-order valence-corrected chi connectivity index (χ2v) is 7.67. The third kappa shape index (κ3) is 5.86. The van der Waals surface area contributed by atoms with E-state index in [1.165, 1.54) is 5.56 Å². The van der Waals surface area contributed by atoms with Crippen LogP contribution in [-0.2, 0) is 22.6 Å². The molecule has 0 aromatic heterocycles. The molecular weight excluding hydrogens is 358 g/mol. The summed E-state index contributed by atoms with van der Waals surface area (Å²) in [5, 5.41) is 2.82. The van der Waals surface area contributed by atoms with Gasteiger partial charge in [-0.25, -0.2) is 0 Å². The van der Waals surface area contributed by atoms with Crippen molar-refractivity contribution in [3.63, 3.8) is 0 Å². The molecule has 1 aliphatic rings. The van der Waals surface area contributed by atoms with Gasteiger partial charge in [0.2, 0.25) is 11.8 Å². The summed E-state index contributed by atoms with van der Waals surface area (Å²) >= 11 is 0. The Kier molecular flexibility index (Phi) is 8.11. The van der Waals surface area contributed by atoms with Gasteiger partial charge in [-0.1, -0.05) is 13.8 Å². The number of nitrogens with two attached hydrogens (primary N) is 1. The minimum atomic E-state index is -0.485. The third-order valence-corrected chi connectivity index (χ3v) is 5.00. The molecule has 2 rings (SSSR count). The van der Waals surface area contributed by atoms with Crippen LogP contribution in [0, 0.1) is 5.92 Å². The molecule has 1 aromatic carbocycles. The summed E-state index contributed by atoms with van der Waals surface area (Å²) in [6.45, 7) is 5.79. The number of ether oxygens (including phenoxy) is 2.